The number of nitrogens with one attached hydrogen (secondary N) is 2. The highest BCUT2D eigenvalue weighted by molar-refractivity contribution is 7.10. The summed E-state index contributed by atoms with van der Waals surface area (Å²) in [5.41, 5.74) is 0.382. The lowest BCUT2D eigenvalue weighted by atomic mass is 9.83. The van der Waals surface area contributed by atoms with Gasteiger partial charge in [0, 0.05) is 44.6 Å². The number of hydrogen-bond donors (Lipinski definition) is 2. The molecule has 1 aliphatic rings. The quantitative estimate of drug-likeness (QED) is 0.563. The van der Waals surface area contributed by atoms with Crippen LogP contribution in [0.25, 0.3) is 0 Å². The van der Waals surface area contributed by atoms with Crippen LogP contribution in [0.4, 0.5) is 0 Å². The smallest absolute Gasteiger partial charge is 0.191 e. The highest BCUT2D eigenvalue weighted by atomic mass is 32.1. The Kier molecular flexibility index (Phi) is 7.37. The van der Waals surface area contributed by atoms with Gasteiger partial charge in [0.2, 0.25) is 0 Å². The van der Waals surface area contributed by atoms with Crippen LogP contribution in [-0.2, 0) is 4.74 Å². The molecule has 0 bridgehead atoms. The molecule has 4 nitrogen and oxygen atoms in total. The standard InChI is InChI=1S/C18H31N3OS/c1-15(16-7-6-12-23-16)13-20-17(19-2)21-14-18(10-11-22-3)8-4-5-9-18/h6-7,12,15H,4-5,8-11,13-14H2,1-3H3,(H2,19,20,21). The van der Waals surface area contributed by atoms with Crippen molar-refractivity contribution in [2.24, 2.45) is 10.4 Å². The Morgan fingerprint density at radius 1 is 1.39 bits per heavy atom. The zero-order valence-corrected chi connectivity index (χ0v) is 15.5. The minimum Gasteiger partial charge on any atom is -0.385 e. The third-order valence-electron chi connectivity index (χ3n) is 4.96. The summed E-state index contributed by atoms with van der Waals surface area (Å²) in [6.07, 6.45) is 6.41. The van der Waals surface area contributed by atoms with Gasteiger partial charge >= 0.3 is 0 Å². The maximum atomic E-state index is 5.31. The van der Waals surface area contributed by atoms with Crippen LogP contribution in [0.1, 0.15) is 49.8 Å². The maximum absolute atomic E-state index is 5.31. The van der Waals surface area contributed by atoms with Crippen LogP contribution in [-0.4, -0.2) is 39.8 Å². The number of hydrogen-bond acceptors (Lipinski definition) is 3. The molecule has 5 heteroatoms. The van der Waals surface area contributed by atoms with E-state index in [0.717, 1.165) is 32.1 Å². The van der Waals surface area contributed by atoms with Gasteiger partial charge in [0.05, 0.1) is 0 Å². The monoisotopic (exact) mass is 337 g/mol. The summed E-state index contributed by atoms with van der Waals surface area (Å²) in [7, 11) is 3.64. The summed E-state index contributed by atoms with van der Waals surface area (Å²) < 4.78 is 5.31. The van der Waals surface area contributed by atoms with Crippen LogP contribution in [0.15, 0.2) is 22.5 Å². The molecule has 0 saturated heterocycles. The number of methoxy groups -OCH3 is 1. The first kappa shape index (κ1) is 18.3. The number of aliphatic imine (C=N–C) groups is 1. The zero-order chi connectivity index (χ0) is 16.5. The third kappa shape index (κ3) is 5.50. The highest BCUT2D eigenvalue weighted by Gasteiger charge is 2.33. The van der Waals surface area contributed by atoms with Crippen molar-refractivity contribution in [1.82, 2.24) is 10.6 Å². The molecule has 0 spiro atoms. The van der Waals surface area contributed by atoms with Gasteiger partial charge in [0.1, 0.15) is 0 Å². The van der Waals surface area contributed by atoms with Gasteiger partial charge in [-0.05, 0) is 36.1 Å². The van der Waals surface area contributed by atoms with E-state index in [4.69, 9.17) is 4.74 Å². The van der Waals surface area contributed by atoms with E-state index in [1.807, 2.05) is 18.4 Å². The SMILES string of the molecule is CN=C(NCC(C)c1cccs1)NCC1(CCOC)CCCC1. The Morgan fingerprint density at radius 2 is 2.17 bits per heavy atom. The molecule has 2 N–H and O–H groups in total. The molecule has 130 valence electrons. The van der Waals surface area contributed by atoms with E-state index in [-0.39, 0.29) is 0 Å². The molecular formula is C18H31N3OS. The first-order valence-corrected chi connectivity index (χ1v) is 9.54. The Hall–Kier alpha value is -1.07. The Balaban J connectivity index is 1.79. The van der Waals surface area contributed by atoms with Crippen LogP contribution < -0.4 is 10.6 Å². The molecule has 0 amide bonds. The van der Waals surface area contributed by atoms with Crippen molar-refractivity contribution in [3.63, 3.8) is 0 Å². The van der Waals surface area contributed by atoms with E-state index in [1.165, 1.54) is 30.6 Å². The minimum atomic E-state index is 0.382. The summed E-state index contributed by atoms with van der Waals surface area (Å²) in [4.78, 5) is 5.80. The van der Waals surface area contributed by atoms with Gasteiger partial charge < -0.3 is 15.4 Å². The Bertz CT molecular complexity index is 467. The van der Waals surface area contributed by atoms with Crippen LogP contribution in [0.3, 0.4) is 0 Å². The summed E-state index contributed by atoms with van der Waals surface area (Å²) in [6.45, 7) is 5.00. The van der Waals surface area contributed by atoms with Crippen molar-refractivity contribution in [2.75, 3.05) is 33.9 Å². The van der Waals surface area contributed by atoms with Gasteiger partial charge in [-0.2, -0.15) is 0 Å². The lowest BCUT2D eigenvalue weighted by molar-refractivity contribution is 0.138. The normalized spacial score (nSPS) is 18.8. The molecule has 1 aromatic rings. The van der Waals surface area contributed by atoms with Gasteiger partial charge in [-0.25, -0.2) is 0 Å². The van der Waals surface area contributed by atoms with Crippen LogP contribution in [0.5, 0.6) is 0 Å². The van der Waals surface area contributed by atoms with Crippen LogP contribution >= 0.6 is 11.3 Å². The predicted octanol–water partition coefficient (Wildman–Crippen LogP) is 3.61. The van der Waals surface area contributed by atoms with Crippen molar-refractivity contribution in [2.45, 2.75) is 44.9 Å². The van der Waals surface area contributed by atoms with Gasteiger partial charge in [-0.3, -0.25) is 4.99 Å². The molecule has 1 aromatic heterocycles. The van der Waals surface area contributed by atoms with Crippen LogP contribution in [0.2, 0.25) is 0 Å². The van der Waals surface area contributed by atoms with Crippen molar-refractivity contribution in [3.05, 3.63) is 22.4 Å². The summed E-state index contributed by atoms with van der Waals surface area (Å²) in [6, 6.07) is 4.31. The van der Waals surface area contributed by atoms with E-state index < -0.39 is 0 Å². The molecule has 2 rings (SSSR count). The first-order chi connectivity index (χ1) is 11.2. The molecule has 1 heterocycles. The first-order valence-electron chi connectivity index (χ1n) is 8.66. The molecule has 1 aliphatic carbocycles. The summed E-state index contributed by atoms with van der Waals surface area (Å²) in [5, 5.41) is 9.15. The average Bonchev–Trinajstić information content (AvgIpc) is 3.25. The molecule has 23 heavy (non-hydrogen) atoms. The molecule has 0 radical (unpaired) electrons. The van der Waals surface area contributed by atoms with Gasteiger partial charge in [-0.1, -0.05) is 25.8 Å². The van der Waals surface area contributed by atoms with Crippen molar-refractivity contribution >= 4 is 17.3 Å². The molecule has 1 unspecified atom stereocenters. The van der Waals surface area contributed by atoms with Gasteiger partial charge in [0.25, 0.3) is 0 Å². The van der Waals surface area contributed by atoms with E-state index in [9.17, 15) is 0 Å². The maximum Gasteiger partial charge on any atom is 0.191 e. The third-order valence-corrected chi connectivity index (χ3v) is 6.06. The fourth-order valence-electron chi connectivity index (χ4n) is 3.37. The number of nitrogens with zero attached hydrogens (tertiary/aromatic N) is 1. The second kappa shape index (κ2) is 9.28. The molecule has 1 saturated carbocycles. The van der Waals surface area contributed by atoms with Crippen molar-refractivity contribution < 1.29 is 4.74 Å². The lowest BCUT2D eigenvalue weighted by Gasteiger charge is -2.30. The average molecular weight is 338 g/mol. The van der Waals surface area contributed by atoms with Gasteiger partial charge in [-0.15, -0.1) is 11.3 Å². The molecule has 1 atom stereocenters. The van der Waals surface area contributed by atoms with E-state index >= 15 is 0 Å². The zero-order valence-electron chi connectivity index (χ0n) is 14.7. The number of guanidine groups is 1. The second-order valence-electron chi connectivity index (χ2n) is 6.67. The van der Waals surface area contributed by atoms with E-state index in [1.54, 1.807) is 7.11 Å². The Labute approximate surface area is 144 Å². The number of rotatable bonds is 8. The fraction of sp³-hybridized carbons (Fsp3) is 0.722. The molecule has 0 aliphatic heterocycles. The summed E-state index contributed by atoms with van der Waals surface area (Å²) in [5.74, 6) is 1.42. The van der Waals surface area contributed by atoms with Gasteiger partial charge in [0.15, 0.2) is 5.96 Å². The lowest BCUT2D eigenvalue weighted by Crippen LogP contribution is -2.44. The van der Waals surface area contributed by atoms with E-state index in [2.05, 4.69) is 40.1 Å². The Morgan fingerprint density at radius 3 is 2.78 bits per heavy atom. The fourth-order valence-corrected chi connectivity index (χ4v) is 4.16. The largest absolute Gasteiger partial charge is 0.385 e. The highest BCUT2D eigenvalue weighted by Crippen LogP contribution is 2.40. The topological polar surface area (TPSA) is 45.7 Å². The molecular weight excluding hydrogens is 306 g/mol. The predicted molar refractivity (Wildman–Crippen MR) is 99.5 cm³/mol. The summed E-state index contributed by atoms with van der Waals surface area (Å²) >= 11 is 1.82. The molecule has 0 aromatic carbocycles. The molecule has 1 fully saturated rings. The second-order valence-corrected chi connectivity index (χ2v) is 7.65. The number of ether oxygens (including phenoxy) is 1. The van der Waals surface area contributed by atoms with E-state index in [0.29, 0.717) is 11.3 Å². The van der Waals surface area contributed by atoms with Crippen LogP contribution in [0, 0.1) is 5.41 Å². The van der Waals surface area contributed by atoms with Crippen molar-refractivity contribution in [3.8, 4) is 0 Å². The minimum absolute atomic E-state index is 0.382. The van der Waals surface area contributed by atoms with Crippen molar-refractivity contribution in [1.29, 1.82) is 0 Å². The number of thiophene rings is 1.